The van der Waals surface area contributed by atoms with Crippen LogP contribution in [0, 0.1) is 16.0 Å². The van der Waals surface area contributed by atoms with E-state index in [0.29, 0.717) is 43.2 Å². The third-order valence-electron chi connectivity index (χ3n) is 5.09. The first-order chi connectivity index (χ1) is 15.8. The molecule has 1 saturated heterocycles. The number of morpholine rings is 1. The van der Waals surface area contributed by atoms with Gasteiger partial charge in [-0.15, -0.1) is 0 Å². The van der Waals surface area contributed by atoms with Gasteiger partial charge in [0.25, 0.3) is 5.69 Å². The number of hydrogen-bond acceptors (Lipinski definition) is 8. The molecule has 2 aromatic rings. The van der Waals surface area contributed by atoms with E-state index in [2.05, 4.69) is 5.32 Å². The number of benzene rings is 2. The molecule has 10 heteroatoms. The first kappa shape index (κ1) is 23.9. The van der Waals surface area contributed by atoms with Crippen molar-refractivity contribution in [1.82, 2.24) is 0 Å². The molecule has 0 saturated carbocycles. The van der Waals surface area contributed by atoms with Gasteiger partial charge in [-0.1, -0.05) is 13.8 Å². The Hall–Kier alpha value is -3.79. The van der Waals surface area contributed by atoms with E-state index in [4.69, 9.17) is 9.47 Å². The molecule has 1 heterocycles. The number of Topliss-reactive ketones (excluding diaryl/α,β-unsaturated/α-hetero) is 1. The van der Waals surface area contributed by atoms with Crippen molar-refractivity contribution >= 4 is 34.7 Å². The van der Waals surface area contributed by atoms with Gasteiger partial charge < -0.3 is 19.7 Å². The highest BCUT2D eigenvalue weighted by Gasteiger charge is 2.24. The Bertz CT molecular complexity index is 1040. The lowest BCUT2D eigenvalue weighted by Crippen LogP contribution is -2.36. The second kappa shape index (κ2) is 10.7. The molecule has 2 aromatic carbocycles. The average molecular weight is 455 g/mol. The number of rotatable bonds is 8. The largest absolute Gasteiger partial charge is 0.454 e. The summed E-state index contributed by atoms with van der Waals surface area (Å²) in [4.78, 5) is 49.3. The number of ether oxygens (including phenoxy) is 2. The van der Waals surface area contributed by atoms with Crippen LogP contribution in [0.1, 0.15) is 34.6 Å². The van der Waals surface area contributed by atoms with E-state index in [-0.39, 0.29) is 23.1 Å². The molecule has 0 bridgehead atoms. The van der Waals surface area contributed by atoms with Crippen LogP contribution >= 0.6 is 0 Å². The summed E-state index contributed by atoms with van der Waals surface area (Å²) < 4.78 is 10.3. The molecule has 0 radical (unpaired) electrons. The number of ketones is 1. The fourth-order valence-electron chi connectivity index (χ4n) is 3.19. The van der Waals surface area contributed by atoms with Crippen LogP contribution in [0.5, 0.6) is 0 Å². The fraction of sp³-hybridized carbons (Fsp3) is 0.348. The zero-order chi connectivity index (χ0) is 24.0. The number of hydrogen-bond donors (Lipinski definition) is 1. The topological polar surface area (TPSA) is 128 Å². The number of amides is 1. The van der Waals surface area contributed by atoms with Gasteiger partial charge in [-0.2, -0.15) is 0 Å². The highest BCUT2D eigenvalue weighted by atomic mass is 16.6. The molecule has 1 aliphatic heterocycles. The van der Waals surface area contributed by atoms with Crippen molar-refractivity contribution in [2.75, 3.05) is 43.1 Å². The Morgan fingerprint density at radius 1 is 1.09 bits per heavy atom. The highest BCUT2D eigenvalue weighted by Crippen LogP contribution is 2.30. The second-order valence-electron chi connectivity index (χ2n) is 7.78. The lowest BCUT2D eigenvalue weighted by molar-refractivity contribution is -0.384. The van der Waals surface area contributed by atoms with Gasteiger partial charge in [0.1, 0.15) is 5.69 Å². The summed E-state index contributed by atoms with van der Waals surface area (Å²) in [5.74, 6) is -1.59. The maximum atomic E-state index is 12.4. The van der Waals surface area contributed by atoms with Gasteiger partial charge in [0, 0.05) is 36.3 Å². The number of nitrogens with one attached hydrogen (secondary N) is 1. The Morgan fingerprint density at radius 3 is 2.33 bits per heavy atom. The van der Waals surface area contributed by atoms with Crippen molar-refractivity contribution in [1.29, 1.82) is 0 Å². The zero-order valence-corrected chi connectivity index (χ0v) is 18.4. The third kappa shape index (κ3) is 6.13. The third-order valence-corrected chi connectivity index (χ3v) is 5.09. The number of nitrogens with zero attached hydrogens (tertiary/aromatic N) is 2. The summed E-state index contributed by atoms with van der Waals surface area (Å²) in [6, 6.07) is 10.3. The molecule has 0 atom stereocenters. The fourth-order valence-corrected chi connectivity index (χ4v) is 3.19. The Morgan fingerprint density at radius 2 is 1.73 bits per heavy atom. The van der Waals surface area contributed by atoms with Crippen molar-refractivity contribution < 1.29 is 28.8 Å². The summed E-state index contributed by atoms with van der Waals surface area (Å²) >= 11 is 0. The normalized spacial score (nSPS) is 13.5. The number of carbonyl (C=O) groups is 3. The summed E-state index contributed by atoms with van der Waals surface area (Å²) in [6.07, 6.45) is 0. The summed E-state index contributed by atoms with van der Waals surface area (Å²) in [5, 5.41) is 14.3. The quantitative estimate of drug-likeness (QED) is 0.278. The maximum absolute atomic E-state index is 12.4. The van der Waals surface area contributed by atoms with Gasteiger partial charge >= 0.3 is 5.97 Å². The monoisotopic (exact) mass is 455 g/mol. The molecular formula is C23H25N3O7. The van der Waals surface area contributed by atoms with Gasteiger partial charge in [0.15, 0.2) is 12.4 Å². The average Bonchev–Trinajstić information content (AvgIpc) is 2.82. The molecule has 1 amide bonds. The summed E-state index contributed by atoms with van der Waals surface area (Å²) in [5.41, 5.74) is 1.03. The van der Waals surface area contributed by atoms with Crippen LogP contribution in [0.2, 0.25) is 0 Å². The Kier molecular flexibility index (Phi) is 7.73. The lowest BCUT2D eigenvalue weighted by Gasteiger charge is -2.28. The van der Waals surface area contributed by atoms with Crippen molar-refractivity contribution in [3.05, 3.63) is 63.7 Å². The van der Waals surface area contributed by atoms with Gasteiger partial charge in [-0.3, -0.25) is 19.7 Å². The predicted molar refractivity (Wildman–Crippen MR) is 121 cm³/mol. The van der Waals surface area contributed by atoms with Crippen LogP contribution < -0.4 is 10.2 Å². The maximum Gasteiger partial charge on any atom is 0.338 e. The van der Waals surface area contributed by atoms with Crippen molar-refractivity contribution in [2.45, 2.75) is 13.8 Å². The van der Waals surface area contributed by atoms with E-state index in [1.165, 1.54) is 24.3 Å². The van der Waals surface area contributed by atoms with Crippen LogP contribution in [0.3, 0.4) is 0 Å². The Labute approximate surface area is 190 Å². The lowest BCUT2D eigenvalue weighted by atomic mass is 10.1. The van der Waals surface area contributed by atoms with E-state index in [0.717, 1.165) is 6.07 Å². The van der Waals surface area contributed by atoms with Crippen molar-refractivity contribution in [3.63, 3.8) is 0 Å². The molecule has 0 spiro atoms. The molecule has 1 aliphatic rings. The van der Waals surface area contributed by atoms with E-state index in [9.17, 15) is 24.5 Å². The second-order valence-corrected chi connectivity index (χ2v) is 7.78. The number of carbonyl (C=O) groups excluding carboxylic acids is 3. The van der Waals surface area contributed by atoms with Crippen LogP contribution in [-0.4, -0.2) is 55.5 Å². The van der Waals surface area contributed by atoms with E-state index in [1.54, 1.807) is 26.0 Å². The van der Waals surface area contributed by atoms with Crippen LogP contribution in [-0.2, 0) is 14.3 Å². The number of esters is 1. The standard InChI is InChI=1S/C23H25N3O7/c1-15(2)22(28)24-18-6-3-16(4-7-18)21(27)14-33-23(29)17-5-8-19(20(13-17)26(30)31)25-9-11-32-12-10-25/h3-8,13,15H,9-12,14H2,1-2H3,(H,24,28). The zero-order valence-electron chi connectivity index (χ0n) is 18.4. The molecule has 10 nitrogen and oxygen atoms in total. The number of nitro benzene ring substituents is 1. The van der Waals surface area contributed by atoms with E-state index in [1.807, 2.05) is 4.90 Å². The molecule has 0 aliphatic carbocycles. The summed E-state index contributed by atoms with van der Waals surface area (Å²) in [7, 11) is 0. The van der Waals surface area contributed by atoms with Crippen molar-refractivity contribution in [2.24, 2.45) is 5.92 Å². The molecule has 33 heavy (non-hydrogen) atoms. The first-order valence-corrected chi connectivity index (χ1v) is 10.5. The molecule has 1 fully saturated rings. The smallest absolute Gasteiger partial charge is 0.338 e. The first-order valence-electron chi connectivity index (χ1n) is 10.5. The highest BCUT2D eigenvalue weighted by molar-refractivity contribution is 6.00. The molecule has 174 valence electrons. The Balaban J connectivity index is 1.63. The predicted octanol–water partition coefficient (Wildman–Crippen LogP) is 3.07. The van der Waals surface area contributed by atoms with Crippen LogP contribution in [0.25, 0.3) is 0 Å². The number of nitro groups is 1. The molecular weight excluding hydrogens is 430 g/mol. The van der Waals surface area contributed by atoms with Gasteiger partial charge in [-0.05, 0) is 36.4 Å². The molecule has 1 N–H and O–H groups in total. The molecule has 0 aromatic heterocycles. The summed E-state index contributed by atoms with van der Waals surface area (Å²) in [6.45, 7) is 4.98. The van der Waals surface area contributed by atoms with E-state index < -0.39 is 23.3 Å². The molecule has 3 rings (SSSR count). The number of anilines is 2. The molecule has 0 unspecified atom stereocenters. The van der Waals surface area contributed by atoms with E-state index >= 15 is 0 Å². The van der Waals surface area contributed by atoms with Gasteiger partial charge in [-0.25, -0.2) is 4.79 Å². The van der Waals surface area contributed by atoms with Crippen LogP contribution in [0.15, 0.2) is 42.5 Å². The van der Waals surface area contributed by atoms with Gasteiger partial charge in [0.2, 0.25) is 5.91 Å². The SMILES string of the molecule is CC(C)C(=O)Nc1ccc(C(=O)COC(=O)c2ccc(N3CCOCC3)c([N+](=O)[O-])c2)cc1. The minimum Gasteiger partial charge on any atom is -0.454 e. The minimum atomic E-state index is -0.833. The minimum absolute atomic E-state index is 0.0155. The van der Waals surface area contributed by atoms with Crippen LogP contribution in [0.4, 0.5) is 17.1 Å². The van der Waals surface area contributed by atoms with Gasteiger partial charge in [0.05, 0.1) is 23.7 Å². The van der Waals surface area contributed by atoms with Crippen molar-refractivity contribution in [3.8, 4) is 0 Å².